The third-order valence-electron chi connectivity index (χ3n) is 3.94. The zero-order chi connectivity index (χ0) is 17.6. The molecule has 25 heavy (non-hydrogen) atoms. The van der Waals surface area contributed by atoms with Gasteiger partial charge in [0.1, 0.15) is 5.69 Å². The summed E-state index contributed by atoms with van der Waals surface area (Å²) in [5.74, 6) is -0.327. The van der Waals surface area contributed by atoms with Crippen LogP contribution in [0.15, 0.2) is 59.7 Å². The molecule has 0 aliphatic rings. The Morgan fingerprint density at radius 2 is 1.88 bits per heavy atom. The SMILES string of the molecule is CCc1ccc(-c2cc(C(=O)N/N=C/c3ccc(C)cc3)[nH]n2)cc1. The van der Waals surface area contributed by atoms with Crippen molar-refractivity contribution in [2.45, 2.75) is 20.3 Å². The number of hydrogen-bond acceptors (Lipinski definition) is 3. The van der Waals surface area contributed by atoms with Crippen LogP contribution in [0, 0.1) is 6.92 Å². The van der Waals surface area contributed by atoms with E-state index < -0.39 is 0 Å². The van der Waals surface area contributed by atoms with Crippen molar-refractivity contribution in [3.63, 3.8) is 0 Å². The van der Waals surface area contributed by atoms with Crippen LogP contribution in [-0.2, 0) is 6.42 Å². The minimum Gasteiger partial charge on any atom is -0.272 e. The van der Waals surface area contributed by atoms with E-state index in [1.54, 1.807) is 12.3 Å². The number of H-pyrrole nitrogens is 1. The average molecular weight is 332 g/mol. The van der Waals surface area contributed by atoms with E-state index in [0.29, 0.717) is 5.69 Å². The first kappa shape index (κ1) is 16.6. The highest BCUT2D eigenvalue weighted by Gasteiger charge is 2.10. The fraction of sp³-hybridized carbons (Fsp3) is 0.150. The third-order valence-corrected chi connectivity index (χ3v) is 3.94. The molecule has 5 nitrogen and oxygen atoms in total. The van der Waals surface area contributed by atoms with Gasteiger partial charge in [0.2, 0.25) is 0 Å². The molecule has 0 aliphatic heterocycles. The standard InChI is InChI=1S/C20H20N4O/c1-3-15-8-10-17(11-9-15)18-12-19(23-22-18)20(25)24-21-13-16-6-4-14(2)5-7-16/h4-13H,3H2,1-2H3,(H,22,23)(H,24,25)/b21-13+. The van der Waals surface area contributed by atoms with E-state index >= 15 is 0 Å². The lowest BCUT2D eigenvalue weighted by Crippen LogP contribution is -2.17. The van der Waals surface area contributed by atoms with Gasteiger partial charge in [0.05, 0.1) is 11.9 Å². The van der Waals surface area contributed by atoms with Gasteiger partial charge in [-0.1, -0.05) is 61.0 Å². The maximum atomic E-state index is 12.1. The lowest BCUT2D eigenvalue weighted by atomic mass is 10.1. The summed E-state index contributed by atoms with van der Waals surface area (Å²) in [7, 11) is 0. The molecule has 0 saturated heterocycles. The Hall–Kier alpha value is -3.21. The normalized spacial score (nSPS) is 11.0. The van der Waals surface area contributed by atoms with Crippen LogP contribution >= 0.6 is 0 Å². The molecule has 0 spiro atoms. The summed E-state index contributed by atoms with van der Waals surface area (Å²) in [5, 5.41) is 10.9. The van der Waals surface area contributed by atoms with E-state index in [1.807, 2.05) is 43.3 Å². The van der Waals surface area contributed by atoms with Crippen molar-refractivity contribution in [2.75, 3.05) is 0 Å². The number of aromatic amines is 1. The Morgan fingerprint density at radius 3 is 2.56 bits per heavy atom. The first-order valence-corrected chi connectivity index (χ1v) is 8.20. The maximum absolute atomic E-state index is 12.1. The number of nitrogens with one attached hydrogen (secondary N) is 2. The molecule has 1 aromatic heterocycles. The molecule has 1 amide bonds. The number of aromatic nitrogens is 2. The number of hydrazone groups is 1. The average Bonchev–Trinajstić information content (AvgIpc) is 3.13. The summed E-state index contributed by atoms with van der Waals surface area (Å²) in [5.41, 5.74) is 7.94. The number of carbonyl (C=O) groups is 1. The zero-order valence-electron chi connectivity index (χ0n) is 14.3. The summed E-state index contributed by atoms with van der Waals surface area (Å²) < 4.78 is 0. The van der Waals surface area contributed by atoms with Crippen molar-refractivity contribution in [3.05, 3.63) is 77.0 Å². The molecule has 3 aromatic rings. The second-order valence-electron chi connectivity index (χ2n) is 5.83. The predicted molar refractivity (Wildman–Crippen MR) is 99.6 cm³/mol. The second-order valence-corrected chi connectivity index (χ2v) is 5.83. The smallest absolute Gasteiger partial charge is 0.272 e. The van der Waals surface area contributed by atoms with Gasteiger partial charge in [-0.05, 0) is 30.5 Å². The van der Waals surface area contributed by atoms with Crippen LogP contribution in [0.25, 0.3) is 11.3 Å². The number of benzene rings is 2. The molecular weight excluding hydrogens is 312 g/mol. The highest BCUT2D eigenvalue weighted by Crippen LogP contribution is 2.18. The van der Waals surface area contributed by atoms with E-state index in [9.17, 15) is 4.79 Å². The molecule has 1 heterocycles. The van der Waals surface area contributed by atoms with E-state index in [2.05, 4.69) is 39.8 Å². The Kier molecular flexibility index (Phi) is 5.04. The monoisotopic (exact) mass is 332 g/mol. The summed E-state index contributed by atoms with van der Waals surface area (Å²) in [4.78, 5) is 12.1. The van der Waals surface area contributed by atoms with Crippen molar-refractivity contribution < 1.29 is 4.79 Å². The van der Waals surface area contributed by atoms with Crippen LogP contribution in [-0.4, -0.2) is 22.3 Å². The van der Waals surface area contributed by atoms with Gasteiger partial charge < -0.3 is 0 Å². The van der Waals surface area contributed by atoms with E-state index in [1.165, 1.54) is 11.1 Å². The quantitative estimate of drug-likeness (QED) is 0.552. The lowest BCUT2D eigenvalue weighted by Gasteiger charge is -1.98. The van der Waals surface area contributed by atoms with E-state index in [0.717, 1.165) is 23.2 Å². The summed E-state index contributed by atoms with van der Waals surface area (Å²) in [6.45, 7) is 4.14. The minimum atomic E-state index is -0.327. The molecule has 0 bridgehead atoms. The fourth-order valence-electron chi connectivity index (χ4n) is 2.38. The third kappa shape index (κ3) is 4.20. The highest BCUT2D eigenvalue weighted by molar-refractivity contribution is 5.94. The van der Waals surface area contributed by atoms with Crippen LogP contribution in [0.1, 0.15) is 34.1 Å². The van der Waals surface area contributed by atoms with Crippen LogP contribution in [0.5, 0.6) is 0 Å². The first-order chi connectivity index (χ1) is 12.2. The van der Waals surface area contributed by atoms with Crippen LogP contribution in [0.4, 0.5) is 0 Å². The molecule has 0 unspecified atom stereocenters. The largest absolute Gasteiger partial charge is 0.289 e. The van der Waals surface area contributed by atoms with Gasteiger partial charge >= 0.3 is 0 Å². The molecular formula is C20H20N4O. The minimum absolute atomic E-state index is 0.327. The van der Waals surface area contributed by atoms with Gasteiger partial charge in [0.15, 0.2) is 0 Å². The Labute approximate surface area is 146 Å². The van der Waals surface area contributed by atoms with Crippen LogP contribution in [0.2, 0.25) is 0 Å². The molecule has 126 valence electrons. The van der Waals surface area contributed by atoms with Crippen LogP contribution < -0.4 is 5.43 Å². The van der Waals surface area contributed by atoms with Crippen LogP contribution in [0.3, 0.4) is 0 Å². The van der Waals surface area contributed by atoms with Gasteiger partial charge in [-0.15, -0.1) is 0 Å². The second kappa shape index (κ2) is 7.57. The molecule has 5 heteroatoms. The molecule has 0 aliphatic carbocycles. The maximum Gasteiger partial charge on any atom is 0.289 e. The van der Waals surface area contributed by atoms with Gasteiger partial charge in [0.25, 0.3) is 5.91 Å². The van der Waals surface area contributed by atoms with Gasteiger partial charge in [-0.25, -0.2) is 5.43 Å². The number of hydrogen-bond donors (Lipinski definition) is 2. The molecule has 0 radical (unpaired) electrons. The van der Waals surface area contributed by atoms with Crippen molar-refractivity contribution in [1.82, 2.24) is 15.6 Å². The Bertz CT molecular complexity index is 877. The van der Waals surface area contributed by atoms with E-state index in [4.69, 9.17) is 0 Å². The molecule has 0 atom stereocenters. The highest BCUT2D eigenvalue weighted by atomic mass is 16.2. The summed E-state index contributed by atoms with van der Waals surface area (Å²) in [6, 6.07) is 17.7. The Morgan fingerprint density at radius 1 is 1.16 bits per heavy atom. The lowest BCUT2D eigenvalue weighted by molar-refractivity contribution is 0.0950. The van der Waals surface area contributed by atoms with Crippen molar-refractivity contribution in [2.24, 2.45) is 5.10 Å². The molecule has 0 saturated carbocycles. The van der Waals surface area contributed by atoms with Gasteiger partial charge in [-0.3, -0.25) is 9.89 Å². The molecule has 2 N–H and O–H groups in total. The van der Waals surface area contributed by atoms with E-state index in [-0.39, 0.29) is 5.91 Å². The van der Waals surface area contributed by atoms with Gasteiger partial charge in [-0.2, -0.15) is 10.2 Å². The zero-order valence-corrected chi connectivity index (χ0v) is 14.3. The first-order valence-electron chi connectivity index (χ1n) is 8.20. The fourth-order valence-corrected chi connectivity index (χ4v) is 2.38. The Balaban J connectivity index is 1.64. The number of nitrogens with zero attached hydrogens (tertiary/aromatic N) is 2. The predicted octanol–water partition coefficient (Wildman–Crippen LogP) is 3.71. The number of carbonyl (C=O) groups excluding carboxylic acids is 1. The molecule has 0 fully saturated rings. The molecule has 2 aromatic carbocycles. The number of aryl methyl sites for hydroxylation is 2. The van der Waals surface area contributed by atoms with Crippen molar-refractivity contribution in [1.29, 1.82) is 0 Å². The van der Waals surface area contributed by atoms with Crippen molar-refractivity contribution >= 4 is 12.1 Å². The number of amides is 1. The summed E-state index contributed by atoms with van der Waals surface area (Å²) in [6.07, 6.45) is 2.60. The van der Waals surface area contributed by atoms with Crippen molar-refractivity contribution in [3.8, 4) is 11.3 Å². The molecule has 3 rings (SSSR count). The topological polar surface area (TPSA) is 70.1 Å². The summed E-state index contributed by atoms with van der Waals surface area (Å²) >= 11 is 0. The number of rotatable bonds is 5. The van der Waals surface area contributed by atoms with Gasteiger partial charge in [0, 0.05) is 5.56 Å².